The lowest BCUT2D eigenvalue weighted by Gasteiger charge is -2.34. The Hall–Kier alpha value is -2.71. The predicted octanol–water partition coefficient (Wildman–Crippen LogP) is 11.1. The molecule has 8 heteroatoms. The van der Waals surface area contributed by atoms with Gasteiger partial charge in [0.05, 0.1) is 40.3 Å². The summed E-state index contributed by atoms with van der Waals surface area (Å²) in [4.78, 5) is 36.9. The Kier molecular flexibility index (Phi) is 37.2. The average molecular weight is 788 g/mol. The van der Waals surface area contributed by atoms with Crippen molar-refractivity contribution in [1.29, 1.82) is 0 Å². The van der Waals surface area contributed by atoms with Gasteiger partial charge in [-0.3, -0.25) is 9.59 Å². The van der Waals surface area contributed by atoms with Gasteiger partial charge in [0.15, 0.2) is 6.10 Å². The molecule has 0 spiro atoms. The van der Waals surface area contributed by atoms with Gasteiger partial charge < -0.3 is 28.6 Å². The summed E-state index contributed by atoms with van der Waals surface area (Å²) >= 11 is 0. The summed E-state index contributed by atoms with van der Waals surface area (Å²) in [6.07, 6.45) is 45.6. The molecule has 56 heavy (non-hydrogen) atoms. The third-order valence-electron chi connectivity index (χ3n) is 10.0. The van der Waals surface area contributed by atoms with Crippen molar-refractivity contribution in [1.82, 2.24) is 0 Å². The van der Waals surface area contributed by atoms with E-state index in [0.717, 1.165) is 57.8 Å². The Bertz CT molecular complexity index is 1060. The number of esters is 2. The van der Waals surface area contributed by atoms with Crippen molar-refractivity contribution in [3.05, 3.63) is 48.6 Å². The van der Waals surface area contributed by atoms with Crippen molar-refractivity contribution < 1.29 is 38.2 Å². The standard InChI is InChI=1S/C48H85NO7/c1-6-8-10-12-14-16-18-20-22-23-25-26-28-30-32-34-36-38-46(50)55-43-44(42-54-41-40-45(48(52)53)49(3,4)5)56-47(51)39-37-35-33-31-29-27-24-21-19-17-15-13-11-9-7-2/h9,11,13,15,17,19-20,22,44-45H,6-8,10,12,14,16,18,21,23-43H2,1-5H3/b11-9+,15-13+,19-17+,22-20+. The Morgan fingerprint density at radius 3 is 1.52 bits per heavy atom. The van der Waals surface area contributed by atoms with Gasteiger partial charge in [-0.05, 0) is 57.8 Å². The second-order valence-electron chi connectivity index (χ2n) is 16.3. The molecule has 0 radical (unpaired) electrons. The number of unbranched alkanes of at least 4 members (excludes halogenated alkanes) is 20. The SMILES string of the molecule is CC/C=C/C=C/C=C/CCCCCCCCCC(=O)OC(COCCC(C(=O)[O-])[N+](C)(C)C)COC(=O)CCCCCCCCC/C=C/CCCCCCCC. The number of carbonyl (C=O) groups excluding carboxylic acids is 3. The lowest BCUT2D eigenvalue weighted by atomic mass is 10.1. The highest BCUT2D eigenvalue weighted by atomic mass is 16.6. The van der Waals surface area contributed by atoms with Crippen LogP contribution in [0.25, 0.3) is 0 Å². The van der Waals surface area contributed by atoms with Gasteiger partial charge in [-0.2, -0.15) is 0 Å². The van der Waals surface area contributed by atoms with E-state index < -0.39 is 18.1 Å². The minimum Gasteiger partial charge on any atom is -0.544 e. The van der Waals surface area contributed by atoms with E-state index in [1.807, 2.05) is 0 Å². The van der Waals surface area contributed by atoms with E-state index in [9.17, 15) is 19.5 Å². The molecule has 0 N–H and O–H groups in total. The molecule has 0 aliphatic rings. The lowest BCUT2D eigenvalue weighted by molar-refractivity contribution is -0.889. The molecular formula is C48H85NO7. The number of likely N-dealkylation sites (N-methyl/N-ethyl adjacent to an activating group) is 1. The number of ether oxygens (including phenoxy) is 3. The van der Waals surface area contributed by atoms with E-state index in [4.69, 9.17) is 14.2 Å². The first-order chi connectivity index (χ1) is 27.1. The molecule has 0 bridgehead atoms. The van der Waals surface area contributed by atoms with Crippen LogP contribution in [0.4, 0.5) is 0 Å². The summed E-state index contributed by atoms with van der Waals surface area (Å²) in [5.41, 5.74) is 0. The van der Waals surface area contributed by atoms with Gasteiger partial charge in [-0.1, -0.05) is 159 Å². The molecular weight excluding hydrogens is 703 g/mol. The smallest absolute Gasteiger partial charge is 0.306 e. The van der Waals surface area contributed by atoms with Crippen molar-refractivity contribution >= 4 is 17.9 Å². The molecule has 0 saturated carbocycles. The van der Waals surface area contributed by atoms with Crippen molar-refractivity contribution in [3.63, 3.8) is 0 Å². The summed E-state index contributed by atoms with van der Waals surface area (Å²) < 4.78 is 17.2. The fourth-order valence-electron chi connectivity index (χ4n) is 6.48. The highest BCUT2D eigenvalue weighted by Crippen LogP contribution is 2.14. The zero-order chi connectivity index (χ0) is 41.4. The van der Waals surface area contributed by atoms with Gasteiger partial charge in [0.1, 0.15) is 12.6 Å². The number of allylic oxidation sites excluding steroid dienone is 8. The van der Waals surface area contributed by atoms with Crippen LogP contribution in [0.1, 0.15) is 187 Å². The van der Waals surface area contributed by atoms with Crippen LogP contribution in [-0.4, -0.2) is 75.5 Å². The van der Waals surface area contributed by atoms with Crippen LogP contribution in [0.5, 0.6) is 0 Å². The molecule has 0 fully saturated rings. The molecule has 324 valence electrons. The molecule has 0 aromatic carbocycles. The quantitative estimate of drug-likeness (QED) is 0.0200. The van der Waals surface area contributed by atoms with E-state index in [-0.39, 0.29) is 42.7 Å². The van der Waals surface area contributed by atoms with Crippen molar-refractivity contribution in [2.45, 2.75) is 199 Å². The zero-order valence-corrected chi connectivity index (χ0v) is 36.8. The Labute approximate surface area is 344 Å². The Balaban J connectivity index is 4.34. The molecule has 0 saturated heterocycles. The lowest BCUT2D eigenvalue weighted by Crippen LogP contribution is -2.55. The number of quaternary nitrogens is 1. The number of rotatable bonds is 40. The van der Waals surface area contributed by atoms with Gasteiger partial charge in [-0.15, -0.1) is 0 Å². The van der Waals surface area contributed by atoms with Crippen LogP contribution in [0.2, 0.25) is 0 Å². The Morgan fingerprint density at radius 2 is 1.02 bits per heavy atom. The predicted molar refractivity (Wildman–Crippen MR) is 231 cm³/mol. The van der Waals surface area contributed by atoms with Crippen molar-refractivity contribution in [3.8, 4) is 0 Å². The van der Waals surface area contributed by atoms with Crippen LogP contribution in [0.3, 0.4) is 0 Å². The minimum atomic E-state index is -1.13. The Morgan fingerprint density at radius 1 is 0.554 bits per heavy atom. The van der Waals surface area contributed by atoms with Crippen LogP contribution >= 0.6 is 0 Å². The second-order valence-corrected chi connectivity index (χ2v) is 16.3. The van der Waals surface area contributed by atoms with E-state index in [1.165, 1.54) is 96.3 Å². The van der Waals surface area contributed by atoms with E-state index >= 15 is 0 Å². The number of carboxylic acid groups (broad SMARTS) is 1. The number of carboxylic acids is 1. The molecule has 0 amide bonds. The maximum atomic E-state index is 12.7. The number of nitrogens with zero attached hydrogens (tertiary/aromatic N) is 1. The summed E-state index contributed by atoms with van der Waals surface area (Å²) in [7, 11) is 5.40. The molecule has 0 aliphatic heterocycles. The highest BCUT2D eigenvalue weighted by molar-refractivity contribution is 5.70. The first-order valence-corrected chi connectivity index (χ1v) is 22.7. The van der Waals surface area contributed by atoms with Crippen molar-refractivity contribution in [2.24, 2.45) is 0 Å². The largest absolute Gasteiger partial charge is 0.544 e. The van der Waals surface area contributed by atoms with Crippen LogP contribution in [0.15, 0.2) is 48.6 Å². The fourth-order valence-corrected chi connectivity index (χ4v) is 6.48. The molecule has 0 heterocycles. The number of carbonyl (C=O) groups is 3. The number of hydrogen-bond acceptors (Lipinski definition) is 7. The third-order valence-corrected chi connectivity index (χ3v) is 10.0. The van der Waals surface area contributed by atoms with E-state index in [1.54, 1.807) is 21.1 Å². The first-order valence-electron chi connectivity index (χ1n) is 22.7. The molecule has 0 aliphatic carbocycles. The maximum absolute atomic E-state index is 12.7. The van der Waals surface area contributed by atoms with Gasteiger partial charge in [-0.25, -0.2) is 0 Å². The topological polar surface area (TPSA) is 102 Å². The monoisotopic (exact) mass is 788 g/mol. The maximum Gasteiger partial charge on any atom is 0.306 e. The van der Waals surface area contributed by atoms with E-state index in [0.29, 0.717) is 12.8 Å². The molecule has 0 rings (SSSR count). The van der Waals surface area contributed by atoms with Crippen LogP contribution < -0.4 is 5.11 Å². The fraction of sp³-hybridized carbons (Fsp3) is 0.771. The molecule has 2 unspecified atom stereocenters. The highest BCUT2D eigenvalue weighted by Gasteiger charge is 2.25. The summed E-state index contributed by atoms with van der Waals surface area (Å²) in [5.74, 6) is -1.76. The third kappa shape index (κ3) is 36.9. The molecule has 0 aromatic heterocycles. The average Bonchev–Trinajstić information content (AvgIpc) is 3.15. The number of hydrogen-bond donors (Lipinski definition) is 0. The summed E-state index contributed by atoms with van der Waals surface area (Å²) in [6, 6.07) is -0.729. The minimum absolute atomic E-state index is 0.0340. The molecule has 2 atom stereocenters. The number of aliphatic carboxylic acids is 1. The van der Waals surface area contributed by atoms with Crippen molar-refractivity contribution in [2.75, 3.05) is 41.0 Å². The van der Waals surface area contributed by atoms with E-state index in [2.05, 4.69) is 62.5 Å². The summed E-state index contributed by atoms with van der Waals surface area (Å²) in [5, 5.41) is 11.6. The van der Waals surface area contributed by atoms with Gasteiger partial charge >= 0.3 is 11.9 Å². The molecule has 0 aromatic rings. The van der Waals surface area contributed by atoms with Gasteiger partial charge in [0, 0.05) is 19.3 Å². The molecule has 8 nitrogen and oxygen atoms in total. The van der Waals surface area contributed by atoms with Crippen LogP contribution in [0, 0.1) is 0 Å². The van der Waals surface area contributed by atoms with Gasteiger partial charge in [0.2, 0.25) is 0 Å². The normalized spacial score (nSPS) is 13.4. The first kappa shape index (κ1) is 53.3. The van der Waals surface area contributed by atoms with Gasteiger partial charge in [0.25, 0.3) is 0 Å². The summed E-state index contributed by atoms with van der Waals surface area (Å²) in [6.45, 7) is 4.51. The zero-order valence-electron chi connectivity index (χ0n) is 36.8. The van der Waals surface area contributed by atoms with Crippen LogP contribution in [-0.2, 0) is 28.6 Å². The second kappa shape index (κ2) is 39.1.